The molecule has 2 heterocycles. The van der Waals surface area contributed by atoms with Crippen LogP contribution in [0.5, 0.6) is 0 Å². The fourth-order valence-electron chi connectivity index (χ4n) is 4.33. The molecule has 0 aliphatic carbocycles. The third-order valence-corrected chi connectivity index (χ3v) is 6.80. The van der Waals surface area contributed by atoms with Crippen molar-refractivity contribution in [2.75, 3.05) is 26.2 Å². The van der Waals surface area contributed by atoms with Gasteiger partial charge in [-0.15, -0.1) is 11.3 Å². The number of carbonyl (C=O) groups excluding carboxylic acids is 3. The van der Waals surface area contributed by atoms with E-state index >= 15 is 0 Å². The molecule has 0 saturated carbocycles. The number of likely N-dealkylation sites (tertiary alicyclic amines) is 1. The van der Waals surface area contributed by atoms with Crippen LogP contribution in [0, 0.1) is 5.41 Å². The SMILES string of the molecule is CC(C)(C)CC(=O)N(CCc1ccccc1)C1CC(C(=O)NCCN)N(C(=O)c2cccs2)C1. The Hall–Kier alpha value is -2.71. The van der Waals surface area contributed by atoms with Gasteiger partial charge in [-0.2, -0.15) is 0 Å². The van der Waals surface area contributed by atoms with Crippen molar-refractivity contribution in [2.45, 2.75) is 52.1 Å². The summed E-state index contributed by atoms with van der Waals surface area (Å²) < 4.78 is 0. The monoisotopic (exact) mass is 484 g/mol. The molecule has 2 atom stereocenters. The average molecular weight is 485 g/mol. The van der Waals surface area contributed by atoms with Crippen LogP contribution in [0.1, 0.15) is 48.8 Å². The Morgan fingerprint density at radius 1 is 1.15 bits per heavy atom. The number of thiophene rings is 1. The molecule has 0 bridgehead atoms. The summed E-state index contributed by atoms with van der Waals surface area (Å²) in [7, 11) is 0. The van der Waals surface area contributed by atoms with E-state index in [0.717, 1.165) is 12.0 Å². The summed E-state index contributed by atoms with van der Waals surface area (Å²) >= 11 is 1.36. The summed E-state index contributed by atoms with van der Waals surface area (Å²) in [6.45, 7) is 7.69. The minimum atomic E-state index is -0.632. The molecule has 0 spiro atoms. The second-order valence-corrected chi connectivity index (χ2v) is 10.9. The van der Waals surface area contributed by atoms with Gasteiger partial charge in [0.25, 0.3) is 5.91 Å². The van der Waals surface area contributed by atoms with Gasteiger partial charge in [-0.1, -0.05) is 57.2 Å². The van der Waals surface area contributed by atoms with E-state index in [0.29, 0.717) is 43.9 Å². The molecular formula is C26H36N4O3S. The first-order chi connectivity index (χ1) is 16.2. The van der Waals surface area contributed by atoms with E-state index < -0.39 is 6.04 Å². The molecule has 2 unspecified atom stereocenters. The molecule has 3 amide bonds. The highest BCUT2D eigenvalue weighted by molar-refractivity contribution is 7.12. The van der Waals surface area contributed by atoms with Crippen LogP contribution in [0.15, 0.2) is 47.8 Å². The first-order valence-corrected chi connectivity index (χ1v) is 12.7. The molecule has 34 heavy (non-hydrogen) atoms. The molecule has 3 rings (SSSR count). The molecule has 1 fully saturated rings. The van der Waals surface area contributed by atoms with Crippen molar-refractivity contribution in [1.29, 1.82) is 0 Å². The summed E-state index contributed by atoms with van der Waals surface area (Å²) in [5.74, 6) is -0.333. The largest absolute Gasteiger partial charge is 0.353 e. The molecule has 1 saturated heterocycles. The number of carbonyl (C=O) groups is 3. The predicted molar refractivity (Wildman–Crippen MR) is 136 cm³/mol. The van der Waals surface area contributed by atoms with Crippen LogP contribution in [0.2, 0.25) is 0 Å². The zero-order valence-corrected chi connectivity index (χ0v) is 21.1. The summed E-state index contributed by atoms with van der Waals surface area (Å²) in [6.07, 6.45) is 1.54. The quantitative estimate of drug-likeness (QED) is 0.572. The summed E-state index contributed by atoms with van der Waals surface area (Å²) in [6, 6.07) is 12.8. The highest BCUT2D eigenvalue weighted by Crippen LogP contribution is 2.28. The van der Waals surface area contributed by atoms with Crippen molar-refractivity contribution in [1.82, 2.24) is 15.1 Å². The number of nitrogens with one attached hydrogen (secondary N) is 1. The third-order valence-electron chi connectivity index (χ3n) is 5.94. The maximum absolute atomic E-state index is 13.4. The van der Waals surface area contributed by atoms with Crippen molar-refractivity contribution < 1.29 is 14.4 Å². The number of rotatable bonds is 9. The van der Waals surface area contributed by atoms with Gasteiger partial charge in [0.05, 0.1) is 10.9 Å². The molecule has 1 aliphatic heterocycles. The molecule has 8 heteroatoms. The molecule has 184 valence electrons. The predicted octanol–water partition coefficient (Wildman–Crippen LogP) is 2.91. The molecule has 7 nitrogen and oxygen atoms in total. The van der Waals surface area contributed by atoms with Crippen LogP contribution in [-0.2, 0) is 16.0 Å². The van der Waals surface area contributed by atoms with Crippen molar-refractivity contribution in [3.05, 3.63) is 58.3 Å². The lowest BCUT2D eigenvalue weighted by atomic mass is 9.91. The van der Waals surface area contributed by atoms with Crippen LogP contribution in [0.25, 0.3) is 0 Å². The summed E-state index contributed by atoms with van der Waals surface area (Å²) in [4.78, 5) is 43.8. The Balaban J connectivity index is 1.84. The van der Waals surface area contributed by atoms with Gasteiger partial charge in [0.2, 0.25) is 11.8 Å². The van der Waals surface area contributed by atoms with E-state index in [2.05, 4.69) is 17.4 Å². The topological polar surface area (TPSA) is 95.7 Å². The number of hydrogen-bond acceptors (Lipinski definition) is 5. The lowest BCUT2D eigenvalue weighted by Crippen LogP contribution is -2.47. The van der Waals surface area contributed by atoms with Gasteiger partial charge in [0, 0.05) is 32.6 Å². The second kappa shape index (κ2) is 11.6. The number of hydrogen-bond donors (Lipinski definition) is 2. The van der Waals surface area contributed by atoms with Crippen LogP contribution in [0.3, 0.4) is 0 Å². The number of nitrogens with zero attached hydrogens (tertiary/aromatic N) is 2. The van der Waals surface area contributed by atoms with Gasteiger partial charge >= 0.3 is 0 Å². The second-order valence-electron chi connectivity index (χ2n) is 9.98. The Morgan fingerprint density at radius 2 is 1.88 bits per heavy atom. The first-order valence-electron chi connectivity index (χ1n) is 11.9. The lowest BCUT2D eigenvalue weighted by Gasteiger charge is -2.32. The van der Waals surface area contributed by atoms with Gasteiger partial charge < -0.3 is 20.9 Å². The highest BCUT2D eigenvalue weighted by atomic mass is 32.1. The van der Waals surface area contributed by atoms with E-state index in [1.807, 2.05) is 55.3 Å². The van der Waals surface area contributed by atoms with E-state index in [9.17, 15) is 14.4 Å². The zero-order chi connectivity index (χ0) is 24.7. The highest BCUT2D eigenvalue weighted by Gasteiger charge is 2.43. The minimum Gasteiger partial charge on any atom is -0.353 e. The number of amides is 3. The van der Waals surface area contributed by atoms with Crippen LogP contribution < -0.4 is 11.1 Å². The fraction of sp³-hybridized carbons (Fsp3) is 0.500. The lowest BCUT2D eigenvalue weighted by molar-refractivity contribution is -0.135. The van der Waals surface area contributed by atoms with E-state index in [4.69, 9.17) is 5.73 Å². The summed E-state index contributed by atoms with van der Waals surface area (Å²) in [5, 5.41) is 4.68. The Morgan fingerprint density at radius 3 is 2.50 bits per heavy atom. The van der Waals surface area contributed by atoms with Gasteiger partial charge in [-0.05, 0) is 35.3 Å². The Kier molecular flexibility index (Phi) is 8.85. The number of nitrogens with two attached hydrogens (primary N) is 1. The Labute approximate surface area is 206 Å². The smallest absolute Gasteiger partial charge is 0.264 e. The Bertz CT molecular complexity index is 956. The van der Waals surface area contributed by atoms with Gasteiger partial charge in [-0.3, -0.25) is 14.4 Å². The minimum absolute atomic E-state index is 0.0555. The maximum Gasteiger partial charge on any atom is 0.264 e. The zero-order valence-electron chi connectivity index (χ0n) is 20.3. The number of benzene rings is 1. The molecule has 0 radical (unpaired) electrons. The molecular weight excluding hydrogens is 448 g/mol. The van der Waals surface area contributed by atoms with Gasteiger partial charge in [0.1, 0.15) is 6.04 Å². The molecule has 1 aliphatic rings. The van der Waals surface area contributed by atoms with Crippen molar-refractivity contribution in [2.24, 2.45) is 11.1 Å². The van der Waals surface area contributed by atoms with Gasteiger partial charge in [0.15, 0.2) is 0 Å². The van der Waals surface area contributed by atoms with Crippen LogP contribution in [-0.4, -0.2) is 65.8 Å². The average Bonchev–Trinajstić information content (AvgIpc) is 3.47. The van der Waals surface area contributed by atoms with E-state index in [1.165, 1.54) is 11.3 Å². The molecule has 1 aromatic carbocycles. The first kappa shape index (κ1) is 25.9. The van der Waals surface area contributed by atoms with Crippen molar-refractivity contribution >= 4 is 29.1 Å². The van der Waals surface area contributed by atoms with Crippen molar-refractivity contribution in [3.63, 3.8) is 0 Å². The fourth-order valence-corrected chi connectivity index (χ4v) is 5.01. The van der Waals surface area contributed by atoms with Crippen LogP contribution in [0.4, 0.5) is 0 Å². The standard InChI is InChI=1S/C26H36N4O3S/c1-26(2,3)17-23(31)29(14-11-19-8-5-4-6-9-19)20-16-21(24(32)28-13-12-27)30(18-20)25(33)22-10-7-15-34-22/h4-10,15,20-21H,11-14,16-18,27H2,1-3H3,(H,28,32). The molecule has 2 aromatic rings. The maximum atomic E-state index is 13.4. The van der Waals surface area contributed by atoms with Gasteiger partial charge in [-0.25, -0.2) is 0 Å². The molecule has 1 aromatic heterocycles. The van der Waals surface area contributed by atoms with Crippen molar-refractivity contribution in [3.8, 4) is 0 Å². The van der Waals surface area contributed by atoms with E-state index in [-0.39, 0.29) is 29.2 Å². The summed E-state index contributed by atoms with van der Waals surface area (Å²) in [5.41, 5.74) is 6.56. The third kappa shape index (κ3) is 6.90. The molecule has 3 N–H and O–H groups in total. The van der Waals surface area contributed by atoms with Crippen LogP contribution >= 0.6 is 11.3 Å². The van der Waals surface area contributed by atoms with E-state index in [1.54, 1.807) is 11.0 Å². The normalized spacial score (nSPS) is 18.1.